The van der Waals surface area contributed by atoms with Crippen molar-refractivity contribution < 1.29 is 22.8 Å². The topological polar surface area (TPSA) is 114 Å². The Morgan fingerprint density at radius 3 is 2.70 bits per heavy atom. The molecule has 2 rings (SSSR count). The molecule has 2 aromatic rings. The van der Waals surface area contributed by atoms with Crippen molar-refractivity contribution in [1.82, 2.24) is 14.4 Å². The van der Waals surface area contributed by atoms with Gasteiger partial charge in [-0.15, -0.1) is 0 Å². The minimum Gasteiger partial charge on any atom is -0.477 e. The Balaban J connectivity index is 2.18. The molecule has 0 amide bonds. The molecule has 0 radical (unpaired) electrons. The van der Waals surface area contributed by atoms with E-state index in [1.54, 1.807) is 13.0 Å². The SMILES string of the molecule is Cc1cc(CNS(=O)(=O)c2cc(C(=O)O)n(C)c2)no1. The number of aryl methyl sites for hydroxylation is 2. The number of hydrogen-bond acceptors (Lipinski definition) is 5. The first-order valence-electron chi connectivity index (χ1n) is 5.61. The average Bonchev–Trinajstić information content (AvgIpc) is 2.93. The van der Waals surface area contributed by atoms with Gasteiger partial charge in [-0.25, -0.2) is 17.9 Å². The quantitative estimate of drug-likeness (QED) is 0.830. The van der Waals surface area contributed by atoms with Crippen molar-refractivity contribution >= 4 is 16.0 Å². The van der Waals surface area contributed by atoms with Gasteiger partial charge in [0.2, 0.25) is 10.0 Å². The lowest BCUT2D eigenvalue weighted by atomic mass is 10.4. The molecule has 0 fully saturated rings. The molecule has 0 aromatic carbocycles. The molecule has 9 heteroatoms. The molecule has 0 spiro atoms. The molecule has 0 unspecified atom stereocenters. The fourth-order valence-corrected chi connectivity index (χ4v) is 2.72. The second-order valence-corrected chi connectivity index (χ2v) is 6.00. The van der Waals surface area contributed by atoms with Crippen LogP contribution in [0.3, 0.4) is 0 Å². The summed E-state index contributed by atoms with van der Waals surface area (Å²) in [6.45, 7) is 1.66. The number of aromatic carboxylic acids is 1. The molecule has 20 heavy (non-hydrogen) atoms. The van der Waals surface area contributed by atoms with E-state index in [1.807, 2.05) is 0 Å². The Morgan fingerprint density at radius 2 is 2.20 bits per heavy atom. The minimum atomic E-state index is -3.80. The Morgan fingerprint density at radius 1 is 1.50 bits per heavy atom. The van der Waals surface area contributed by atoms with Crippen LogP contribution in [0.25, 0.3) is 0 Å². The molecule has 108 valence electrons. The molecule has 0 atom stereocenters. The van der Waals surface area contributed by atoms with Gasteiger partial charge in [0.05, 0.1) is 12.2 Å². The highest BCUT2D eigenvalue weighted by molar-refractivity contribution is 7.89. The molecule has 0 bridgehead atoms. The zero-order valence-corrected chi connectivity index (χ0v) is 11.6. The van der Waals surface area contributed by atoms with Gasteiger partial charge in [0.25, 0.3) is 0 Å². The summed E-state index contributed by atoms with van der Waals surface area (Å²) < 4.78 is 32.4. The van der Waals surface area contributed by atoms with Gasteiger partial charge in [0.1, 0.15) is 16.3 Å². The largest absolute Gasteiger partial charge is 0.477 e. The molecule has 2 N–H and O–H groups in total. The van der Waals surface area contributed by atoms with Crippen molar-refractivity contribution in [3.63, 3.8) is 0 Å². The zero-order valence-electron chi connectivity index (χ0n) is 10.8. The maximum Gasteiger partial charge on any atom is 0.352 e. The molecule has 0 saturated carbocycles. The van der Waals surface area contributed by atoms with Gasteiger partial charge in [-0.1, -0.05) is 5.16 Å². The first-order chi connectivity index (χ1) is 9.29. The number of hydrogen-bond donors (Lipinski definition) is 2. The second kappa shape index (κ2) is 5.10. The highest BCUT2D eigenvalue weighted by Crippen LogP contribution is 2.14. The van der Waals surface area contributed by atoms with Crippen LogP contribution in [0.4, 0.5) is 0 Å². The van der Waals surface area contributed by atoms with E-state index in [1.165, 1.54) is 17.8 Å². The van der Waals surface area contributed by atoms with Gasteiger partial charge in [0, 0.05) is 19.3 Å². The molecular weight excluding hydrogens is 286 g/mol. The van der Waals surface area contributed by atoms with Crippen LogP contribution in [0.15, 0.2) is 27.7 Å². The summed E-state index contributed by atoms with van der Waals surface area (Å²) in [5.41, 5.74) is 0.336. The van der Waals surface area contributed by atoms with Gasteiger partial charge < -0.3 is 14.2 Å². The van der Waals surface area contributed by atoms with Crippen molar-refractivity contribution in [2.75, 3.05) is 0 Å². The van der Waals surface area contributed by atoms with E-state index in [-0.39, 0.29) is 17.1 Å². The Bertz CT molecular complexity index is 744. The smallest absolute Gasteiger partial charge is 0.352 e. The predicted octanol–water partition coefficient (Wildman–Crippen LogP) is 0.498. The summed E-state index contributed by atoms with van der Waals surface area (Å²) in [6, 6.07) is 2.70. The number of rotatable bonds is 5. The van der Waals surface area contributed by atoms with Crippen LogP contribution in [0, 0.1) is 6.92 Å². The van der Waals surface area contributed by atoms with Gasteiger partial charge >= 0.3 is 5.97 Å². The van der Waals surface area contributed by atoms with Crippen LogP contribution in [0.1, 0.15) is 21.9 Å². The molecule has 0 aliphatic heterocycles. The van der Waals surface area contributed by atoms with E-state index < -0.39 is 16.0 Å². The lowest BCUT2D eigenvalue weighted by molar-refractivity contribution is 0.0686. The molecule has 2 heterocycles. The van der Waals surface area contributed by atoms with Gasteiger partial charge in [-0.3, -0.25) is 0 Å². The maximum absolute atomic E-state index is 12.0. The second-order valence-electron chi connectivity index (χ2n) is 4.23. The normalized spacial score (nSPS) is 11.7. The van der Waals surface area contributed by atoms with Crippen LogP contribution in [-0.4, -0.2) is 29.2 Å². The van der Waals surface area contributed by atoms with Crippen LogP contribution in [0.2, 0.25) is 0 Å². The molecule has 0 aliphatic rings. The number of carboxylic acids is 1. The number of sulfonamides is 1. The summed E-state index contributed by atoms with van der Waals surface area (Å²) in [7, 11) is -2.34. The van der Waals surface area contributed by atoms with Crippen molar-refractivity contribution in [1.29, 1.82) is 0 Å². The number of nitrogens with zero attached hydrogens (tertiary/aromatic N) is 2. The molecule has 2 aromatic heterocycles. The zero-order chi connectivity index (χ0) is 14.9. The number of aromatic nitrogens is 2. The van der Waals surface area contributed by atoms with E-state index in [2.05, 4.69) is 9.88 Å². The number of nitrogens with one attached hydrogen (secondary N) is 1. The summed E-state index contributed by atoms with van der Waals surface area (Å²) in [5.74, 6) is -0.617. The Labute approximate surface area is 115 Å². The van der Waals surface area contributed by atoms with Gasteiger partial charge in [0.15, 0.2) is 0 Å². The van der Waals surface area contributed by atoms with E-state index in [4.69, 9.17) is 9.63 Å². The first kappa shape index (κ1) is 14.3. The van der Waals surface area contributed by atoms with E-state index in [9.17, 15) is 13.2 Å². The van der Waals surface area contributed by atoms with Gasteiger partial charge in [-0.05, 0) is 13.0 Å². The van der Waals surface area contributed by atoms with E-state index in [0.29, 0.717) is 11.5 Å². The summed E-state index contributed by atoms with van der Waals surface area (Å²) in [6.07, 6.45) is 1.24. The standard InChI is InChI=1S/C11H13N3O5S/c1-7-3-8(13-19-7)5-12-20(17,18)9-4-10(11(15)16)14(2)6-9/h3-4,6,12H,5H2,1-2H3,(H,15,16). The van der Waals surface area contributed by atoms with E-state index in [0.717, 1.165) is 6.07 Å². The maximum atomic E-state index is 12.0. The van der Waals surface area contributed by atoms with E-state index >= 15 is 0 Å². The van der Waals surface area contributed by atoms with Gasteiger partial charge in [-0.2, -0.15) is 0 Å². The Hall–Kier alpha value is -2.13. The fraction of sp³-hybridized carbons (Fsp3) is 0.273. The lowest BCUT2D eigenvalue weighted by Gasteiger charge is -2.01. The Kier molecular flexibility index (Phi) is 3.64. The number of carboxylic acid groups (broad SMARTS) is 1. The molecule has 8 nitrogen and oxygen atoms in total. The highest BCUT2D eigenvalue weighted by atomic mass is 32.2. The van der Waals surface area contributed by atoms with Crippen molar-refractivity contribution in [3.05, 3.63) is 35.5 Å². The monoisotopic (exact) mass is 299 g/mol. The van der Waals surface area contributed by atoms with Crippen LogP contribution in [-0.2, 0) is 23.6 Å². The molecular formula is C11H13N3O5S. The van der Waals surface area contributed by atoms with Crippen LogP contribution >= 0.6 is 0 Å². The third kappa shape index (κ3) is 2.89. The number of carbonyl (C=O) groups is 1. The lowest BCUT2D eigenvalue weighted by Crippen LogP contribution is -2.23. The summed E-state index contributed by atoms with van der Waals surface area (Å²) in [5, 5.41) is 12.6. The minimum absolute atomic E-state index is 0.0308. The van der Waals surface area contributed by atoms with Crippen molar-refractivity contribution in [3.8, 4) is 0 Å². The predicted molar refractivity (Wildman–Crippen MR) is 67.6 cm³/mol. The molecule has 0 aliphatic carbocycles. The summed E-state index contributed by atoms with van der Waals surface area (Å²) >= 11 is 0. The van der Waals surface area contributed by atoms with Crippen LogP contribution in [0.5, 0.6) is 0 Å². The molecule has 0 saturated heterocycles. The third-order valence-electron chi connectivity index (χ3n) is 2.63. The van der Waals surface area contributed by atoms with Crippen molar-refractivity contribution in [2.45, 2.75) is 18.4 Å². The third-order valence-corrected chi connectivity index (χ3v) is 4.00. The van der Waals surface area contributed by atoms with Crippen LogP contribution < -0.4 is 4.72 Å². The highest BCUT2D eigenvalue weighted by Gasteiger charge is 2.20. The van der Waals surface area contributed by atoms with Crippen molar-refractivity contribution in [2.24, 2.45) is 7.05 Å². The fourth-order valence-electron chi connectivity index (χ4n) is 1.65. The first-order valence-corrected chi connectivity index (χ1v) is 7.09. The summed E-state index contributed by atoms with van der Waals surface area (Å²) in [4.78, 5) is 10.8. The average molecular weight is 299 g/mol.